The molecule has 0 spiro atoms. The molecule has 1 N–H and O–H groups in total. The van der Waals surface area contributed by atoms with E-state index < -0.39 is 0 Å². The lowest BCUT2D eigenvalue weighted by Crippen LogP contribution is -2.29. The Labute approximate surface area is 183 Å². The number of rotatable bonds is 7. The summed E-state index contributed by atoms with van der Waals surface area (Å²) >= 11 is 5.81. The monoisotopic (exact) mass is 420 g/mol. The summed E-state index contributed by atoms with van der Waals surface area (Å²) in [6, 6.07) is 18.9. The van der Waals surface area contributed by atoms with E-state index in [1.807, 2.05) is 24.4 Å². The molecule has 3 aromatic rings. The van der Waals surface area contributed by atoms with Gasteiger partial charge in [-0.15, -0.1) is 0 Å². The molecule has 1 aromatic carbocycles. The molecular formula is C24H28N4OS. The number of nitrogens with one attached hydrogen (secondary N) is 1. The average Bonchev–Trinajstić information content (AvgIpc) is 3.23. The van der Waals surface area contributed by atoms with Gasteiger partial charge in [0.05, 0.1) is 24.4 Å². The smallest absolute Gasteiger partial charge is 0.170 e. The van der Waals surface area contributed by atoms with Crippen molar-refractivity contribution in [1.29, 1.82) is 0 Å². The summed E-state index contributed by atoms with van der Waals surface area (Å²) < 4.78 is 7.65. The van der Waals surface area contributed by atoms with Crippen molar-refractivity contribution in [2.45, 2.75) is 39.0 Å². The van der Waals surface area contributed by atoms with Crippen LogP contribution in [0, 0.1) is 13.8 Å². The van der Waals surface area contributed by atoms with Gasteiger partial charge in [0.2, 0.25) is 0 Å². The molecule has 6 heteroatoms. The van der Waals surface area contributed by atoms with E-state index in [1.165, 1.54) is 22.5 Å². The van der Waals surface area contributed by atoms with Crippen LogP contribution in [-0.4, -0.2) is 33.3 Å². The van der Waals surface area contributed by atoms with Gasteiger partial charge in [-0.2, -0.15) is 0 Å². The van der Waals surface area contributed by atoms with Gasteiger partial charge in [-0.1, -0.05) is 36.4 Å². The summed E-state index contributed by atoms with van der Waals surface area (Å²) in [7, 11) is 1.74. The van der Waals surface area contributed by atoms with Crippen LogP contribution in [0.4, 0.5) is 0 Å². The third kappa shape index (κ3) is 3.98. The van der Waals surface area contributed by atoms with E-state index in [4.69, 9.17) is 17.0 Å². The summed E-state index contributed by atoms with van der Waals surface area (Å²) in [6.07, 6.45) is 1.85. The fraction of sp³-hybridized carbons (Fsp3) is 0.333. The first kappa shape index (κ1) is 20.6. The Hall–Kier alpha value is -2.70. The molecule has 1 saturated heterocycles. The molecule has 0 radical (unpaired) electrons. The number of hydrogen-bond donors (Lipinski definition) is 1. The fourth-order valence-corrected chi connectivity index (χ4v) is 4.65. The minimum Gasteiger partial charge on any atom is -0.383 e. The highest BCUT2D eigenvalue weighted by Crippen LogP contribution is 2.41. The molecule has 0 aliphatic carbocycles. The standard InChI is InChI=1S/C24H28N4OS/c1-17-15-20(18(2)27(17)13-14-29-3)23-22(21-11-7-8-12-25-21)26-24(30)28(23)16-19-9-5-4-6-10-19/h4-12,15,22-23H,13-14,16H2,1-3H3,(H,26,30)/t22-,23-/m1/s1. The molecule has 1 aliphatic rings. The molecule has 156 valence electrons. The maximum atomic E-state index is 5.81. The number of aromatic nitrogens is 2. The van der Waals surface area contributed by atoms with Gasteiger partial charge >= 0.3 is 0 Å². The van der Waals surface area contributed by atoms with Gasteiger partial charge in [-0.3, -0.25) is 4.98 Å². The lowest BCUT2D eigenvalue weighted by atomic mass is 9.96. The molecule has 0 saturated carbocycles. The van der Waals surface area contributed by atoms with E-state index in [2.05, 4.69) is 70.0 Å². The lowest BCUT2D eigenvalue weighted by molar-refractivity contribution is 0.186. The second kappa shape index (κ2) is 8.98. The first-order valence-corrected chi connectivity index (χ1v) is 10.7. The Kier molecular flexibility index (Phi) is 6.16. The van der Waals surface area contributed by atoms with Gasteiger partial charge in [0.15, 0.2) is 5.11 Å². The Morgan fingerprint density at radius 1 is 1.10 bits per heavy atom. The molecule has 4 rings (SSSR count). The number of benzene rings is 1. The molecule has 1 aliphatic heterocycles. The molecule has 0 unspecified atom stereocenters. The first-order chi connectivity index (χ1) is 14.6. The zero-order chi connectivity index (χ0) is 21.1. The molecule has 5 nitrogen and oxygen atoms in total. The van der Waals surface area contributed by atoms with Gasteiger partial charge in [-0.05, 0) is 55.4 Å². The van der Waals surface area contributed by atoms with E-state index in [-0.39, 0.29) is 12.1 Å². The third-order valence-electron chi connectivity index (χ3n) is 5.84. The van der Waals surface area contributed by atoms with Gasteiger partial charge in [0, 0.05) is 37.8 Å². The average molecular weight is 421 g/mol. The van der Waals surface area contributed by atoms with Crippen molar-refractivity contribution in [1.82, 2.24) is 19.8 Å². The van der Waals surface area contributed by atoms with Gasteiger partial charge in [0.25, 0.3) is 0 Å². The second-order valence-electron chi connectivity index (χ2n) is 7.71. The summed E-state index contributed by atoms with van der Waals surface area (Å²) in [5, 5.41) is 4.31. The molecular weight excluding hydrogens is 392 g/mol. The number of aryl methyl sites for hydroxylation is 1. The molecule has 1 fully saturated rings. The normalized spacial score (nSPS) is 18.6. The van der Waals surface area contributed by atoms with E-state index in [1.54, 1.807) is 7.11 Å². The number of pyridine rings is 1. The molecule has 2 aromatic heterocycles. The highest BCUT2D eigenvalue weighted by molar-refractivity contribution is 7.80. The molecule has 30 heavy (non-hydrogen) atoms. The summed E-state index contributed by atoms with van der Waals surface area (Å²) in [6.45, 7) is 6.63. The minimum absolute atomic E-state index is 0.00112. The second-order valence-corrected chi connectivity index (χ2v) is 8.10. The maximum Gasteiger partial charge on any atom is 0.170 e. The van der Waals surface area contributed by atoms with Crippen LogP contribution in [0.3, 0.4) is 0 Å². The lowest BCUT2D eigenvalue weighted by Gasteiger charge is -2.28. The zero-order valence-corrected chi connectivity index (χ0v) is 18.5. The highest BCUT2D eigenvalue weighted by Gasteiger charge is 2.41. The van der Waals surface area contributed by atoms with Crippen LogP contribution in [-0.2, 0) is 17.8 Å². The van der Waals surface area contributed by atoms with Gasteiger partial charge < -0.3 is 19.5 Å². The van der Waals surface area contributed by atoms with Crippen LogP contribution in [0.25, 0.3) is 0 Å². The predicted octanol–water partition coefficient (Wildman–Crippen LogP) is 4.32. The van der Waals surface area contributed by atoms with Crippen molar-refractivity contribution in [3.8, 4) is 0 Å². The fourth-order valence-electron chi connectivity index (χ4n) is 4.35. The Balaban J connectivity index is 1.76. The van der Waals surface area contributed by atoms with Crippen LogP contribution >= 0.6 is 12.2 Å². The number of ether oxygens (including phenoxy) is 1. The molecule has 0 amide bonds. The quantitative estimate of drug-likeness (QED) is 0.577. The van der Waals surface area contributed by atoms with Crippen molar-refractivity contribution in [3.05, 3.63) is 89.0 Å². The summed E-state index contributed by atoms with van der Waals surface area (Å²) in [5.74, 6) is 0. The topological polar surface area (TPSA) is 42.3 Å². The molecule has 3 heterocycles. The van der Waals surface area contributed by atoms with Crippen molar-refractivity contribution < 1.29 is 4.74 Å². The van der Waals surface area contributed by atoms with Crippen LogP contribution < -0.4 is 5.32 Å². The van der Waals surface area contributed by atoms with E-state index in [0.29, 0.717) is 6.61 Å². The predicted molar refractivity (Wildman–Crippen MR) is 123 cm³/mol. The number of hydrogen-bond acceptors (Lipinski definition) is 3. The minimum atomic E-state index is -0.00112. The molecule has 0 bridgehead atoms. The number of methoxy groups -OCH3 is 1. The van der Waals surface area contributed by atoms with E-state index in [9.17, 15) is 0 Å². The van der Waals surface area contributed by atoms with E-state index in [0.717, 1.165) is 23.9 Å². The van der Waals surface area contributed by atoms with Crippen LogP contribution in [0.5, 0.6) is 0 Å². The SMILES string of the molecule is COCCn1c(C)cc([C@@H]2[C@@H](c3ccccn3)NC(=S)N2Cc2ccccc2)c1C. The Morgan fingerprint density at radius 3 is 2.57 bits per heavy atom. The van der Waals surface area contributed by atoms with Gasteiger partial charge in [0.1, 0.15) is 0 Å². The van der Waals surface area contributed by atoms with Crippen molar-refractivity contribution in [3.63, 3.8) is 0 Å². The van der Waals surface area contributed by atoms with Crippen molar-refractivity contribution in [2.75, 3.05) is 13.7 Å². The maximum absolute atomic E-state index is 5.81. The third-order valence-corrected chi connectivity index (χ3v) is 6.20. The largest absolute Gasteiger partial charge is 0.383 e. The van der Waals surface area contributed by atoms with Crippen LogP contribution in [0.15, 0.2) is 60.8 Å². The molecule has 2 atom stereocenters. The van der Waals surface area contributed by atoms with Crippen molar-refractivity contribution >= 4 is 17.3 Å². The Bertz CT molecular complexity index is 1000. The van der Waals surface area contributed by atoms with Crippen LogP contribution in [0.1, 0.15) is 40.3 Å². The van der Waals surface area contributed by atoms with Gasteiger partial charge in [-0.25, -0.2) is 0 Å². The highest BCUT2D eigenvalue weighted by atomic mass is 32.1. The van der Waals surface area contributed by atoms with Crippen molar-refractivity contribution in [2.24, 2.45) is 0 Å². The zero-order valence-electron chi connectivity index (χ0n) is 17.7. The Morgan fingerprint density at radius 2 is 1.87 bits per heavy atom. The van der Waals surface area contributed by atoms with E-state index >= 15 is 0 Å². The summed E-state index contributed by atoms with van der Waals surface area (Å²) in [5.41, 5.74) is 6.00. The number of thiocarbonyl (C=S) groups is 1. The summed E-state index contributed by atoms with van der Waals surface area (Å²) in [4.78, 5) is 6.94. The first-order valence-electron chi connectivity index (χ1n) is 10.3. The van der Waals surface area contributed by atoms with Crippen LogP contribution in [0.2, 0.25) is 0 Å². The number of nitrogens with zero attached hydrogens (tertiary/aromatic N) is 3.